The molecule has 3 aliphatic rings. The van der Waals surface area contributed by atoms with Crippen LogP contribution in [0.1, 0.15) is 49.1 Å². The summed E-state index contributed by atoms with van der Waals surface area (Å²) in [6.07, 6.45) is 7.47. The molecule has 0 radical (unpaired) electrons. The van der Waals surface area contributed by atoms with Crippen molar-refractivity contribution in [3.8, 4) is 0 Å². The van der Waals surface area contributed by atoms with Crippen molar-refractivity contribution in [1.29, 1.82) is 0 Å². The first-order chi connectivity index (χ1) is 15.6. The van der Waals surface area contributed by atoms with Crippen molar-refractivity contribution in [2.75, 3.05) is 39.5 Å². The van der Waals surface area contributed by atoms with E-state index in [1.54, 1.807) is 0 Å². The van der Waals surface area contributed by atoms with Crippen LogP contribution >= 0.6 is 0 Å². The van der Waals surface area contributed by atoms with E-state index in [0.717, 1.165) is 38.0 Å². The Bertz CT molecular complexity index is 790. The number of fused-ring (bicyclic) bond motifs is 1. The number of carbonyl (C=O) groups excluding carboxylic acids is 1. The number of aliphatic carboxylic acids is 1. The molecule has 0 bridgehead atoms. The molecule has 3 heterocycles. The highest BCUT2D eigenvalue weighted by Crippen LogP contribution is 2.20. The third-order valence-corrected chi connectivity index (χ3v) is 6.81. The fraction of sp³-hybridized carbons (Fsp3) is 0.708. The largest absolute Gasteiger partial charge is 0.480 e. The number of hydrogen-bond acceptors (Lipinski definition) is 6. The molecule has 0 saturated carbocycles. The third kappa shape index (κ3) is 6.27. The zero-order valence-electron chi connectivity index (χ0n) is 18.8. The molecule has 1 atom stereocenters. The van der Waals surface area contributed by atoms with Crippen molar-refractivity contribution in [2.24, 2.45) is 5.92 Å². The molecule has 2 saturated heterocycles. The number of aromatic nitrogens is 1. The smallest absolute Gasteiger partial charge is 0.326 e. The topological polar surface area (TPSA) is 101 Å². The van der Waals surface area contributed by atoms with E-state index in [1.165, 1.54) is 24.1 Å². The van der Waals surface area contributed by atoms with Crippen LogP contribution in [0.4, 0.5) is 0 Å². The predicted molar refractivity (Wildman–Crippen MR) is 118 cm³/mol. The summed E-state index contributed by atoms with van der Waals surface area (Å²) >= 11 is 0. The van der Waals surface area contributed by atoms with E-state index in [-0.39, 0.29) is 17.9 Å². The summed E-state index contributed by atoms with van der Waals surface area (Å²) in [4.78, 5) is 30.9. The minimum Gasteiger partial charge on any atom is -0.480 e. The maximum Gasteiger partial charge on any atom is 0.326 e. The number of carboxylic acids is 1. The highest BCUT2D eigenvalue weighted by Gasteiger charge is 2.30. The highest BCUT2D eigenvalue weighted by atomic mass is 16.5. The number of amides is 1. The number of hydrogen-bond donors (Lipinski definition) is 2. The minimum absolute atomic E-state index is 0.142. The first-order valence-electron chi connectivity index (χ1n) is 12.0. The second kappa shape index (κ2) is 11.2. The molecule has 8 heteroatoms. The Kier molecular flexibility index (Phi) is 8.10. The van der Waals surface area contributed by atoms with E-state index < -0.39 is 12.0 Å². The normalized spacial score (nSPS) is 20.9. The molecule has 2 aliphatic heterocycles. The molecule has 1 aliphatic carbocycles. The fourth-order valence-corrected chi connectivity index (χ4v) is 4.73. The Labute approximate surface area is 189 Å². The molecule has 0 unspecified atom stereocenters. The zero-order chi connectivity index (χ0) is 22.3. The highest BCUT2D eigenvalue weighted by molar-refractivity contribution is 5.85. The summed E-state index contributed by atoms with van der Waals surface area (Å²) in [6, 6.07) is 3.50. The number of aryl methyl sites for hydroxylation is 2. The van der Waals surface area contributed by atoms with Crippen LogP contribution in [0.5, 0.6) is 0 Å². The van der Waals surface area contributed by atoms with Crippen molar-refractivity contribution in [2.45, 2.75) is 63.5 Å². The molecular formula is C24H35N3O5. The van der Waals surface area contributed by atoms with Crippen LogP contribution in [-0.2, 0) is 38.3 Å². The molecule has 4 rings (SSSR count). The van der Waals surface area contributed by atoms with Crippen molar-refractivity contribution in [3.63, 3.8) is 0 Å². The number of nitrogens with zero attached hydrogens (tertiary/aromatic N) is 2. The van der Waals surface area contributed by atoms with Gasteiger partial charge in [-0.15, -0.1) is 0 Å². The summed E-state index contributed by atoms with van der Waals surface area (Å²) in [5, 5.41) is 12.2. The summed E-state index contributed by atoms with van der Waals surface area (Å²) in [5.41, 5.74) is 3.77. The molecule has 0 aromatic carbocycles. The molecule has 8 nitrogen and oxygen atoms in total. The number of likely N-dealkylation sites (tertiary alicyclic amines) is 1. The van der Waals surface area contributed by atoms with Gasteiger partial charge in [-0.2, -0.15) is 0 Å². The Balaban J connectivity index is 1.12. The second-order valence-electron chi connectivity index (χ2n) is 9.19. The Morgan fingerprint density at radius 3 is 2.78 bits per heavy atom. The van der Waals surface area contributed by atoms with E-state index in [2.05, 4.69) is 22.3 Å². The number of pyridine rings is 1. The predicted octanol–water partition coefficient (Wildman–Crippen LogP) is 1.59. The van der Waals surface area contributed by atoms with Gasteiger partial charge in [-0.25, -0.2) is 4.79 Å². The van der Waals surface area contributed by atoms with Crippen LogP contribution in [0.25, 0.3) is 0 Å². The van der Waals surface area contributed by atoms with E-state index in [0.29, 0.717) is 45.6 Å². The molecule has 2 fully saturated rings. The lowest BCUT2D eigenvalue weighted by Crippen LogP contribution is -2.54. The van der Waals surface area contributed by atoms with E-state index >= 15 is 0 Å². The van der Waals surface area contributed by atoms with Gasteiger partial charge in [-0.3, -0.25) is 14.7 Å². The number of rotatable bonds is 10. The molecule has 176 valence electrons. The number of nitrogens with one attached hydrogen (secondary N) is 1. The SMILES string of the molecule is O=C(N[C@@H](CCN1CC(OCCc2ccc3c(n2)CCCC3)C1)C(=O)O)C1CCOCC1. The van der Waals surface area contributed by atoms with Gasteiger partial charge in [0.2, 0.25) is 5.91 Å². The van der Waals surface area contributed by atoms with Gasteiger partial charge in [0.25, 0.3) is 0 Å². The van der Waals surface area contributed by atoms with Gasteiger partial charge in [0.1, 0.15) is 6.04 Å². The monoisotopic (exact) mass is 445 g/mol. The van der Waals surface area contributed by atoms with Crippen LogP contribution in [-0.4, -0.2) is 78.5 Å². The Morgan fingerprint density at radius 2 is 2.00 bits per heavy atom. The average Bonchev–Trinajstić information content (AvgIpc) is 2.79. The van der Waals surface area contributed by atoms with Gasteiger partial charge in [0, 0.05) is 56.6 Å². The summed E-state index contributed by atoms with van der Waals surface area (Å²) in [7, 11) is 0. The van der Waals surface area contributed by atoms with E-state index in [1.807, 2.05) is 0 Å². The number of carboxylic acid groups (broad SMARTS) is 1. The van der Waals surface area contributed by atoms with Crippen molar-refractivity contribution < 1.29 is 24.2 Å². The molecule has 32 heavy (non-hydrogen) atoms. The molecule has 0 spiro atoms. The fourth-order valence-electron chi connectivity index (χ4n) is 4.73. The lowest BCUT2D eigenvalue weighted by atomic mass is 9.96. The van der Waals surface area contributed by atoms with Crippen LogP contribution in [0.3, 0.4) is 0 Å². The van der Waals surface area contributed by atoms with Gasteiger partial charge in [-0.05, 0) is 56.6 Å². The van der Waals surface area contributed by atoms with Gasteiger partial charge in [0.15, 0.2) is 0 Å². The first kappa shape index (κ1) is 23.1. The van der Waals surface area contributed by atoms with Crippen LogP contribution < -0.4 is 5.32 Å². The Hall–Kier alpha value is -2.03. The maximum absolute atomic E-state index is 12.3. The van der Waals surface area contributed by atoms with E-state index in [9.17, 15) is 14.7 Å². The number of carbonyl (C=O) groups is 2. The standard InChI is InChI=1S/C24H35N3O5/c28-23(18-8-12-31-13-9-18)26-22(24(29)30)7-11-27-15-20(16-27)32-14-10-19-6-5-17-3-1-2-4-21(17)25-19/h5-6,18,20,22H,1-4,7-16H2,(H,26,28)(H,29,30)/t22-/m0/s1. The van der Waals surface area contributed by atoms with Crippen LogP contribution in [0, 0.1) is 5.92 Å². The summed E-state index contributed by atoms with van der Waals surface area (Å²) < 4.78 is 11.2. The molecule has 1 amide bonds. The summed E-state index contributed by atoms with van der Waals surface area (Å²) in [5.74, 6) is -1.28. The van der Waals surface area contributed by atoms with Gasteiger partial charge in [-0.1, -0.05) is 6.07 Å². The van der Waals surface area contributed by atoms with Gasteiger partial charge < -0.3 is 19.9 Å². The van der Waals surface area contributed by atoms with Crippen molar-refractivity contribution in [1.82, 2.24) is 15.2 Å². The lowest BCUT2D eigenvalue weighted by Gasteiger charge is -2.39. The number of ether oxygens (including phenoxy) is 2. The van der Waals surface area contributed by atoms with Crippen molar-refractivity contribution >= 4 is 11.9 Å². The quantitative estimate of drug-likeness (QED) is 0.564. The van der Waals surface area contributed by atoms with Gasteiger partial charge >= 0.3 is 5.97 Å². The third-order valence-electron chi connectivity index (χ3n) is 6.81. The Morgan fingerprint density at radius 1 is 1.22 bits per heavy atom. The molecule has 1 aromatic heterocycles. The minimum atomic E-state index is -0.976. The van der Waals surface area contributed by atoms with Gasteiger partial charge in [0.05, 0.1) is 12.7 Å². The van der Waals surface area contributed by atoms with Crippen molar-refractivity contribution in [3.05, 3.63) is 29.1 Å². The molecule has 2 N–H and O–H groups in total. The van der Waals surface area contributed by atoms with Crippen LogP contribution in [0.2, 0.25) is 0 Å². The van der Waals surface area contributed by atoms with E-state index in [4.69, 9.17) is 14.5 Å². The second-order valence-corrected chi connectivity index (χ2v) is 9.19. The molecule has 1 aromatic rings. The lowest BCUT2D eigenvalue weighted by molar-refractivity contribution is -0.143. The molecular weight excluding hydrogens is 410 g/mol. The maximum atomic E-state index is 12.3. The average molecular weight is 446 g/mol. The zero-order valence-corrected chi connectivity index (χ0v) is 18.8. The first-order valence-corrected chi connectivity index (χ1v) is 12.0. The summed E-state index contributed by atoms with van der Waals surface area (Å²) in [6.45, 7) is 4.03. The van der Waals surface area contributed by atoms with Crippen LogP contribution in [0.15, 0.2) is 12.1 Å².